The van der Waals surface area contributed by atoms with Gasteiger partial charge in [-0.05, 0) is 0 Å². The van der Waals surface area contributed by atoms with Gasteiger partial charge in [0.2, 0.25) is 5.91 Å². The standard InChI is InChI=1S/C4H9NO3/c5-4(8)3(1-6)2-7/h3,6-7H,1-2H2,(H2,5,8). The molecule has 1 amide bonds. The summed E-state index contributed by atoms with van der Waals surface area (Å²) in [6.07, 6.45) is 0. The maximum absolute atomic E-state index is 10.1. The summed E-state index contributed by atoms with van der Waals surface area (Å²) in [4.78, 5) is 10.1. The van der Waals surface area contributed by atoms with Crippen LogP contribution in [0.1, 0.15) is 0 Å². The second-order valence-corrected chi connectivity index (χ2v) is 1.46. The van der Waals surface area contributed by atoms with Crippen molar-refractivity contribution in [2.45, 2.75) is 0 Å². The molecule has 0 aliphatic rings. The summed E-state index contributed by atoms with van der Waals surface area (Å²) in [7, 11) is 0. The number of primary amides is 1. The van der Waals surface area contributed by atoms with Crippen molar-refractivity contribution in [2.75, 3.05) is 13.2 Å². The Labute approximate surface area is 46.9 Å². The van der Waals surface area contributed by atoms with E-state index in [1.54, 1.807) is 0 Å². The molecule has 4 N–H and O–H groups in total. The van der Waals surface area contributed by atoms with Crippen LogP contribution >= 0.6 is 0 Å². The molecule has 0 bridgehead atoms. The topological polar surface area (TPSA) is 83.6 Å². The molecule has 4 heteroatoms. The summed E-state index contributed by atoms with van der Waals surface area (Å²) < 4.78 is 0. The van der Waals surface area contributed by atoms with Gasteiger partial charge in [0.25, 0.3) is 0 Å². The first kappa shape index (κ1) is 7.39. The average molecular weight is 119 g/mol. The molecule has 0 aromatic rings. The van der Waals surface area contributed by atoms with Crippen LogP contribution in [0, 0.1) is 5.92 Å². The third-order valence-electron chi connectivity index (χ3n) is 0.843. The van der Waals surface area contributed by atoms with E-state index < -0.39 is 11.8 Å². The van der Waals surface area contributed by atoms with Crippen LogP contribution in [-0.4, -0.2) is 29.3 Å². The van der Waals surface area contributed by atoms with Gasteiger partial charge in [-0.2, -0.15) is 0 Å². The van der Waals surface area contributed by atoms with Crippen LogP contribution in [-0.2, 0) is 4.79 Å². The predicted molar refractivity (Wildman–Crippen MR) is 26.9 cm³/mol. The molecule has 0 rings (SSSR count). The lowest BCUT2D eigenvalue weighted by Gasteiger charge is -2.02. The van der Waals surface area contributed by atoms with Crippen LogP contribution in [0.15, 0.2) is 0 Å². The van der Waals surface area contributed by atoms with Gasteiger partial charge in [-0.1, -0.05) is 0 Å². The highest BCUT2D eigenvalue weighted by Gasteiger charge is 2.10. The second-order valence-electron chi connectivity index (χ2n) is 1.46. The molecule has 0 aromatic heterocycles. The summed E-state index contributed by atoms with van der Waals surface area (Å²) in [6.45, 7) is -0.766. The molecule has 0 unspecified atom stereocenters. The van der Waals surface area contributed by atoms with E-state index in [1.165, 1.54) is 0 Å². The molecular formula is C4H9NO3. The van der Waals surface area contributed by atoms with E-state index in [0.29, 0.717) is 0 Å². The highest BCUT2D eigenvalue weighted by atomic mass is 16.3. The van der Waals surface area contributed by atoms with Crippen molar-refractivity contribution in [3.05, 3.63) is 0 Å². The molecule has 0 spiro atoms. The lowest BCUT2D eigenvalue weighted by Crippen LogP contribution is -2.28. The summed E-state index contributed by atoms with van der Waals surface area (Å²) >= 11 is 0. The van der Waals surface area contributed by atoms with Crippen molar-refractivity contribution in [3.63, 3.8) is 0 Å². The van der Waals surface area contributed by atoms with Crippen LogP contribution < -0.4 is 5.73 Å². The summed E-state index contributed by atoms with van der Waals surface area (Å²) in [6, 6.07) is 0. The first-order chi connectivity index (χ1) is 3.72. The average Bonchev–Trinajstić information content (AvgIpc) is 1.69. The fraction of sp³-hybridized carbons (Fsp3) is 0.750. The lowest BCUT2D eigenvalue weighted by atomic mass is 10.2. The van der Waals surface area contributed by atoms with Crippen LogP contribution in [0.3, 0.4) is 0 Å². The van der Waals surface area contributed by atoms with E-state index in [4.69, 9.17) is 15.9 Å². The Morgan fingerprint density at radius 3 is 1.88 bits per heavy atom. The molecule has 0 aliphatic carbocycles. The monoisotopic (exact) mass is 119 g/mol. The Balaban J connectivity index is 3.52. The summed E-state index contributed by atoms with van der Waals surface area (Å²) in [5, 5.41) is 16.5. The number of hydrogen-bond donors (Lipinski definition) is 3. The van der Waals surface area contributed by atoms with Crippen molar-refractivity contribution >= 4 is 5.91 Å². The number of aliphatic hydroxyl groups is 2. The minimum Gasteiger partial charge on any atom is -0.395 e. The van der Waals surface area contributed by atoms with E-state index in [9.17, 15) is 4.79 Å². The van der Waals surface area contributed by atoms with Crippen LogP contribution in [0.4, 0.5) is 0 Å². The third kappa shape index (κ3) is 1.90. The van der Waals surface area contributed by atoms with Crippen LogP contribution in [0.5, 0.6) is 0 Å². The Hall–Kier alpha value is -0.610. The van der Waals surface area contributed by atoms with Gasteiger partial charge in [-0.15, -0.1) is 0 Å². The van der Waals surface area contributed by atoms with Gasteiger partial charge in [0.15, 0.2) is 0 Å². The third-order valence-corrected chi connectivity index (χ3v) is 0.843. The van der Waals surface area contributed by atoms with Crippen molar-refractivity contribution in [1.29, 1.82) is 0 Å². The van der Waals surface area contributed by atoms with Gasteiger partial charge < -0.3 is 15.9 Å². The van der Waals surface area contributed by atoms with E-state index in [0.717, 1.165) is 0 Å². The maximum atomic E-state index is 10.1. The number of carbonyl (C=O) groups is 1. The van der Waals surface area contributed by atoms with Crippen molar-refractivity contribution in [2.24, 2.45) is 11.7 Å². The zero-order chi connectivity index (χ0) is 6.57. The SMILES string of the molecule is NC(=O)C(CO)CO. The smallest absolute Gasteiger partial charge is 0.225 e. The molecule has 4 nitrogen and oxygen atoms in total. The predicted octanol–water partition coefficient (Wildman–Crippen LogP) is -1.93. The molecule has 8 heavy (non-hydrogen) atoms. The maximum Gasteiger partial charge on any atom is 0.225 e. The van der Waals surface area contributed by atoms with Gasteiger partial charge in [0.1, 0.15) is 0 Å². The van der Waals surface area contributed by atoms with Crippen molar-refractivity contribution in [3.8, 4) is 0 Å². The molecule has 0 fully saturated rings. The Morgan fingerprint density at radius 2 is 1.88 bits per heavy atom. The minimum atomic E-state index is -0.796. The second kappa shape index (κ2) is 3.40. The van der Waals surface area contributed by atoms with Gasteiger partial charge in [0, 0.05) is 0 Å². The molecule has 0 radical (unpaired) electrons. The highest BCUT2D eigenvalue weighted by Crippen LogP contribution is 1.88. The minimum absolute atomic E-state index is 0.383. The molecule has 0 saturated carbocycles. The normalized spacial score (nSPS) is 9.88. The first-order valence-corrected chi connectivity index (χ1v) is 2.23. The largest absolute Gasteiger partial charge is 0.395 e. The van der Waals surface area contributed by atoms with Crippen molar-refractivity contribution in [1.82, 2.24) is 0 Å². The molecule has 0 atom stereocenters. The molecule has 0 aromatic carbocycles. The molecular weight excluding hydrogens is 110 g/mol. The Kier molecular flexibility index (Phi) is 3.14. The molecule has 0 heterocycles. The lowest BCUT2D eigenvalue weighted by molar-refractivity contribution is -0.124. The fourth-order valence-electron chi connectivity index (χ4n) is 0.238. The highest BCUT2D eigenvalue weighted by molar-refractivity contribution is 5.76. The number of hydrogen-bond acceptors (Lipinski definition) is 3. The summed E-state index contributed by atoms with van der Waals surface area (Å²) in [5.74, 6) is -1.47. The van der Waals surface area contributed by atoms with E-state index in [-0.39, 0.29) is 13.2 Å². The van der Waals surface area contributed by atoms with E-state index in [2.05, 4.69) is 0 Å². The van der Waals surface area contributed by atoms with Gasteiger partial charge in [-0.3, -0.25) is 4.79 Å². The first-order valence-electron chi connectivity index (χ1n) is 2.23. The van der Waals surface area contributed by atoms with Gasteiger partial charge in [-0.25, -0.2) is 0 Å². The molecule has 0 aliphatic heterocycles. The Bertz CT molecular complexity index is 79.4. The number of rotatable bonds is 3. The fourth-order valence-corrected chi connectivity index (χ4v) is 0.238. The Morgan fingerprint density at radius 1 is 1.50 bits per heavy atom. The molecule has 48 valence electrons. The number of nitrogens with two attached hydrogens (primary N) is 1. The number of carbonyl (C=O) groups excluding carboxylic acids is 1. The quantitative estimate of drug-likeness (QED) is 0.404. The summed E-state index contributed by atoms with van der Waals surface area (Å²) in [5.41, 5.74) is 4.70. The van der Waals surface area contributed by atoms with E-state index >= 15 is 0 Å². The van der Waals surface area contributed by atoms with Crippen LogP contribution in [0.25, 0.3) is 0 Å². The van der Waals surface area contributed by atoms with Crippen LogP contribution in [0.2, 0.25) is 0 Å². The number of amides is 1. The zero-order valence-corrected chi connectivity index (χ0v) is 4.37. The van der Waals surface area contributed by atoms with Gasteiger partial charge in [0.05, 0.1) is 19.1 Å². The van der Waals surface area contributed by atoms with Gasteiger partial charge >= 0.3 is 0 Å². The van der Waals surface area contributed by atoms with E-state index in [1.807, 2.05) is 0 Å². The zero-order valence-electron chi connectivity index (χ0n) is 4.37. The number of aliphatic hydroxyl groups excluding tert-OH is 2. The molecule has 0 saturated heterocycles. The van der Waals surface area contributed by atoms with Crippen molar-refractivity contribution < 1.29 is 15.0 Å².